The number of unbranched alkanes of at least 4 members (excludes halogenated alkanes) is 2. The molecule has 80 valence electrons. The summed E-state index contributed by atoms with van der Waals surface area (Å²) in [5, 5.41) is 12.0. The van der Waals surface area contributed by atoms with E-state index in [9.17, 15) is 0 Å². The first-order valence-electron chi connectivity index (χ1n) is 5.23. The van der Waals surface area contributed by atoms with E-state index in [1.165, 1.54) is 17.9 Å². The van der Waals surface area contributed by atoms with Crippen LogP contribution < -0.4 is 5.32 Å². The number of hydrogen-bond acceptors (Lipinski definition) is 3. The molecule has 0 aromatic carbocycles. The van der Waals surface area contributed by atoms with E-state index in [0.717, 1.165) is 19.4 Å². The summed E-state index contributed by atoms with van der Waals surface area (Å²) in [6.07, 6.45) is 3.26. The lowest BCUT2D eigenvalue weighted by Crippen LogP contribution is -2.29. The van der Waals surface area contributed by atoms with E-state index in [0.29, 0.717) is 12.6 Å². The molecule has 1 atom stereocenters. The molecular weight excluding hydrogens is 182 g/mol. The second-order valence-electron chi connectivity index (χ2n) is 3.30. The van der Waals surface area contributed by atoms with Crippen molar-refractivity contribution in [3.8, 4) is 0 Å². The van der Waals surface area contributed by atoms with Gasteiger partial charge in [-0.15, -0.1) is 0 Å². The minimum Gasteiger partial charge on any atom is -0.396 e. The third-order valence-electron chi connectivity index (χ3n) is 1.90. The van der Waals surface area contributed by atoms with E-state index in [-0.39, 0.29) is 0 Å². The monoisotopic (exact) mass is 205 g/mol. The van der Waals surface area contributed by atoms with Crippen molar-refractivity contribution in [2.75, 3.05) is 24.7 Å². The van der Waals surface area contributed by atoms with Crippen molar-refractivity contribution in [2.24, 2.45) is 0 Å². The summed E-state index contributed by atoms with van der Waals surface area (Å²) in [5.74, 6) is 2.41. The molecule has 0 saturated heterocycles. The van der Waals surface area contributed by atoms with E-state index in [4.69, 9.17) is 5.11 Å². The SMILES string of the molecule is CCSCC(C)NCCCCCO. The van der Waals surface area contributed by atoms with Crippen LogP contribution in [0.1, 0.15) is 33.1 Å². The fraction of sp³-hybridized carbons (Fsp3) is 1.00. The fourth-order valence-electron chi connectivity index (χ4n) is 1.12. The normalized spacial score (nSPS) is 13.2. The highest BCUT2D eigenvalue weighted by molar-refractivity contribution is 7.99. The topological polar surface area (TPSA) is 32.3 Å². The summed E-state index contributed by atoms with van der Waals surface area (Å²) in [4.78, 5) is 0. The van der Waals surface area contributed by atoms with E-state index in [1.54, 1.807) is 0 Å². The Morgan fingerprint density at radius 1 is 1.31 bits per heavy atom. The van der Waals surface area contributed by atoms with Crippen LogP contribution in [0.4, 0.5) is 0 Å². The summed E-state index contributed by atoms with van der Waals surface area (Å²) in [7, 11) is 0. The number of rotatable bonds is 9. The van der Waals surface area contributed by atoms with Gasteiger partial charge in [0.1, 0.15) is 0 Å². The molecule has 0 heterocycles. The fourth-order valence-corrected chi connectivity index (χ4v) is 1.82. The van der Waals surface area contributed by atoms with E-state index in [2.05, 4.69) is 19.2 Å². The van der Waals surface area contributed by atoms with Gasteiger partial charge in [0, 0.05) is 18.4 Å². The van der Waals surface area contributed by atoms with Gasteiger partial charge in [-0.25, -0.2) is 0 Å². The molecule has 0 fully saturated rings. The molecule has 13 heavy (non-hydrogen) atoms. The van der Waals surface area contributed by atoms with E-state index in [1.807, 2.05) is 11.8 Å². The van der Waals surface area contributed by atoms with Gasteiger partial charge in [0.2, 0.25) is 0 Å². The smallest absolute Gasteiger partial charge is 0.0431 e. The van der Waals surface area contributed by atoms with Gasteiger partial charge in [0.15, 0.2) is 0 Å². The van der Waals surface area contributed by atoms with Crippen molar-refractivity contribution >= 4 is 11.8 Å². The van der Waals surface area contributed by atoms with Gasteiger partial charge in [0.25, 0.3) is 0 Å². The average Bonchev–Trinajstić information content (AvgIpc) is 2.14. The average molecular weight is 205 g/mol. The highest BCUT2D eigenvalue weighted by Crippen LogP contribution is 2.01. The molecule has 2 nitrogen and oxygen atoms in total. The first kappa shape index (κ1) is 13.3. The number of hydrogen-bond donors (Lipinski definition) is 2. The van der Waals surface area contributed by atoms with Gasteiger partial charge < -0.3 is 10.4 Å². The van der Waals surface area contributed by atoms with Crippen LogP contribution in [0.25, 0.3) is 0 Å². The summed E-state index contributed by atoms with van der Waals surface area (Å²) >= 11 is 1.98. The second kappa shape index (κ2) is 10.4. The third-order valence-corrected chi connectivity index (χ3v) is 3.04. The van der Waals surface area contributed by atoms with E-state index >= 15 is 0 Å². The van der Waals surface area contributed by atoms with Crippen LogP contribution in [0.15, 0.2) is 0 Å². The van der Waals surface area contributed by atoms with Crippen molar-refractivity contribution in [1.29, 1.82) is 0 Å². The first-order chi connectivity index (χ1) is 6.31. The van der Waals surface area contributed by atoms with Crippen LogP contribution in [0.3, 0.4) is 0 Å². The lowest BCUT2D eigenvalue weighted by atomic mass is 10.2. The Morgan fingerprint density at radius 2 is 2.08 bits per heavy atom. The third kappa shape index (κ3) is 10.2. The maximum absolute atomic E-state index is 8.57. The molecule has 0 aliphatic heterocycles. The Hall–Kier alpha value is 0.270. The second-order valence-corrected chi connectivity index (χ2v) is 4.62. The highest BCUT2D eigenvalue weighted by Gasteiger charge is 1.98. The number of aliphatic hydroxyl groups excluding tert-OH is 1. The van der Waals surface area contributed by atoms with Gasteiger partial charge in [-0.05, 0) is 38.5 Å². The molecule has 0 rings (SSSR count). The molecule has 0 aliphatic carbocycles. The molecule has 0 bridgehead atoms. The Kier molecular flexibility index (Phi) is 10.6. The lowest BCUT2D eigenvalue weighted by Gasteiger charge is -2.12. The number of thioether (sulfide) groups is 1. The Morgan fingerprint density at radius 3 is 2.69 bits per heavy atom. The molecule has 0 aliphatic rings. The number of nitrogens with one attached hydrogen (secondary N) is 1. The minimum absolute atomic E-state index is 0.335. The van der Waals surface area contributed by atoms with Gasteiger partial charge in [-0.2, -0.15) is 11.8 Å². The maximum atomic E-state index is 8.57. The van der Waals surface area contributed by atoms with Crippen LogP contribution in [0, 0.1) is 0 Å². The lowest BCUT2D eigenvalue weighted by molar-refractivity contribution is 0.282. The molecule has 0 aromatic heterocycles. The van der Waals surface area contributed by atoms with Crippen molar-refractivity contribution in [3.63, 3.8) is 0 Å². The van der Waals surface area contributed by atoms with Crippen molar-refractivity contribution in [3.05, 3.63) is 0 Å². The Labute approximate surface area is 86.5 Å². The zero-order valence-electron chi connectivity index (χ0n) is 8.88. The van der Waals surface area contributed by atoms with Crippen molar-refractivity contribution in [1.82, 2.24) is 5.32 Å². The van der Waals surface area contributed by atoms with Crippen molar-refractivity contribution < 1.29 is 5.11 Å². The van der Waals surface area contributed by atoms with Gasteiger partial charge in [-0.1, -0.05) is 6.92 Å². The van der Waals surface area contributed by atoms with Gasteiger partial charge in [-0.3, -0.25) is 0 Å². The Balaban J connectivity index is 3.03. The van der Waals surface area contributed by atoms with Crippen LogP contribution in [0.5, 0.6) is 0 Å². The zero-order chi connectivity index (χ0) is 9.94. The van der Waals surface area contributed by atoms with Crippen LogP contribution in [-0.2, 0) is 0 Å². The van der Waals surface area contributed by atoms with Crippen LogP contribution >= 0.6 is 11.8 Å². The molecule has 0 aromatic rings. The quantitative estimate of drug-likeness (QED) is 0.564. The first-order valence-corrected chi connectivity index (χ1v) is 6.38. The molecular formula is C10H23NOS. The van der Waals surface area contributed by atoms with Crippen LogP contribution in [0.2, 0.25) is 0 Å². The highest BCUT2D eigenvalue weighted by atomic mass is 32.2. The largest absolute Gasteiger partial charge is 0.396 e. The van der Waals surface area contributed by atoms with Gasteiger partial charge in [0.05, 0.1) is 0 Å². The van der Waals surface area contributed by atoms with Crippen LogP contribution in [-0.4, -0.2) is 35.8 Å². The molecule has 0 spiro atoms. The molecule has 1 unspecified atom stereocenters. The molecule has 3 heteroatoms. The molecule has 0 radical (unpaired) electrons. The predicted molar refractivity (Wildman–Crippen MR) is 61.4 cm³/mol. The van der Waals surface area contributed by atoms with Crippen molar-refractivity contribution in [2.45, 2.75) is 39.2 Å². The number of aliphatic hydroxyl groups is 1. The molecule has 2 N–H and O–H groups in total. The zero-order valence-corrected chi connectivity index (χ0v) is 9.70. The summed E-state index contributed by atoms with van der Waals surface area (Å²) in [6.45, 7) is 5.85. The maximum Gasteiger partial charge on any atom is 0.0431 e. The van der Waals surface area contributed by atoms with E-state index < -0.39 is 0 Å². The molecule has 0 saturated carbocycles. The van der Waals surface area contributed by atoms with Gasteiger partial charge >= 0.3 is 0 Å². The molecule has 0 amide bonds. The Bertz CT molecular complexity index is 101. The minimum atomic E-state index is 0.335. The summed E-state index contributed by atoms with van der Waals surface area (Å²) in [6, 6.07) is 0.624. The summed E-state index contributed by atoms with van der Waals surface area (Å²) in [5.41, 5.74) is 0. The standard InChI is InChI=1S/C10H23NOS/c1-3-13-9-10(2)11-7-5-4-6-8-12/h10-12H,3-9H2,1-2H3. The predicted octanol–water partition coefficient (Wildman–Crippen LogP) is 1.88. The summed E-state index contributed by atoms with van der Waals surface area (Å²) < 4.78 is 0.